The normalized spacial score (nSPS) is 24.8. The molecule has 12 heavy (non-hydrogen) atoms. The summed E-state index contributed by atoms with van der Waals surface area (Å²) in [5.74, 6) is 0. The lowest BCUT2D eigenvalue weighted by Gasteiger charge is -2.23. The van der Waals surface area contributed by atoms with Gasteiger partial charge in [-0.2, -0.15) is 0 Å². The van der Waals surface area contributed by atoms with Gasteiger partial charge in [0.15, 0.2) is 0 Å². The monoisotopic (exact) mass is 163 g/mol. The third-order valence-corrected chi connectivity index (χ3v) is 2.48. The molecule has 64 valence electrons. The molecule has 0 saturated heterocycles. The van der Waals surface area contributed by atoms with E-state index in [-0.39, 0.29) is 6.04 Å². The van der Waals surface area contributed by atoms with Crippen LogP contribution in [-0.2, 0) is 5.66 Å². The predicted octanol–water partition coefficient (Wildman–Crippen LogP) is 0.571. The molecule has 3 nitrogen and oxygen atoms in total. The molecule has 0 radical (unpaired) electrons. The first-order chi connectivity index (χ1) is 5.62. The zero-order valence-corrected chi connectivity index (χ0v) is 7.04. The number of benzene rings is 1. The summed E-state index contributed by atoms with van der Waals surface area (Å²) in [6.07, 6.45) is 0. The molecule has 2 rings (SSSR count). The lowest BCUT2D eigenvalue weighted by molar-refractivity contribution is 0.432. The molecule has 0 aliphatic carbocycles. The van der Waals surface area contributed by atoms with E-state index in [4.69, 9.17) is 11.5 Å². The van der Waals surface area contributed by atoms with Gasteiger partial charge in [0, 0.05) is 11.3 Å². The molecule has 3 heteroatoms. The van der Waals surface area contributed by atoms with Crippen molar-refractivity contribution in [1.82, 2.24) is 0 Å². The molecule has 1 atom stereocenters. The Hall–Kier alpha value is -1.06. The van der Waals surface area contributed by atoms with E-state index in [0.29, 0.717) is 0 Å². The second-order valence-corrected chi connectivity index (χ2v) is 3.34. The van der Waals surface area contributed by atoms with E-state index in [1.807, 2.05) is 31.2 Å². The van der Waals surface area contributed by atoms with Gasteiger partial charge in [-0.05, 0) is 13.0 Å². The van der Waals surface area contributed by atoms with E-state index in [1.54, 1.807) is 0 Å². The lowest BCUT2D eigenvalue weighted by atomic mass is 9.99. The molecule has 0 aromatic heterocycles. The van der Waals surface area contributed by atoms with Gasteiger partial charge in [-0.15, -0.1) is 0 Å². The van der Waals surface area contributed by atoms with Crippen molar-refractivity contribution in [2.45, 2.75) is 18.6 Å². The molecular formula is C9H13N3. The Kier molecular flexibility index (Phi) is 1.40. The van der Waals surface area contributed by atoms with Crippen molar-refractivity contribution in [2.75, 3.05) is 5.32 Å². The summed E-state index contributed by atoms with van der Waals surface area (Å²) in [6, 6.07) is 7.97. The van der Waals surface area contributed by atoms with Crippen molar-refractivity contribution in [3.63, 3.8) is 0 Å². The topological polar surface area (TPSA) is 64.1 Å². The molecule has 1 aliphatic rings. The second kappa shape index (κ2) is 2.21. The quantitative estimate of drug-likeness (QED) is 0.490. The molecule has 0 spiro atoms. The van der Waals surface area contributed by atoms with E-state index < -0.39 is 5.66 Å². The van der Waals surface area contributed by atoms with Crippen LogP contribution in [-0.4, -0.2) is 6.04 Å². The summed E-state index contributed by atoms with van der Waals surface area (Å²) >= 11 is 0. The van der Waals surface area contributed by atoms with E-state index in [9.17, 15) is 0 Å². The van der Waals surface area contributed by atoms with Crippen molar-refractivity contribution in [2.24, 2.45) is 11.5 Å². The molecule has 1 unspecified atom stereocenters. The molecule has 0 bridgehead atoms. The van der Waals surface area contributed by atoms with Crippen molar-refractivity contribution in [3.8, 4) is 0 Å². The van der Waals surface area contributed by atoms with Gasteiger partial charge in [0.1, 0.15) is 5.66 Å². The fourth-order valence-corrected chi connectivity index (χ4v) is 1.57. The molecule has 0 fully saturated rings. The van der Waals surface area contributed by atoms with Crippen molar-refractivity contribution >= 4 is 5.69 Å². The fraction of sp³-hybridized carbons (Fsp3) is 0.333. The first kappa shape index (κ1) is 7.58. The van der Waals surface area contributed by atoms with Gasteiger partial charge >= 0.3 is 0 Å². The SMILES string of the molecule is CC1Nc2ccccc2C1(N)N. The van der Waals surface area contributed by atoms with E-state index >= 15 is 0 Å². The van der Waals surface area contributed by atoms with Crippen LogP contribution in [0, 0.1) is 0 Å². The predicted molar refractivity (Wildman–Crippen MR) is 49.6 cm³/mol. The third kappa shape index (κ3) is 0.838. The standard InChI is InChI=1S/C9H13N3/c1-6-9(10,11)7-4-2-3-5-8(7)12-6/h2-6,12H,10-11H2,1H3. The first-order valence-electron chi connectivity index (χ1n) is 4.06. The average Bonchev–Trinajstić information content (AvgIpc) is 2.25. The fourth-order valence-electron chi connectivity index (χ4n) is 1.57. The Labute approximate surface area is 71.8 Å². The van der Waals surface area contributed by atoms with Crippen LogP contribution in [0.25, 0.3) is 0 Å². The van der Waals surface area contributed by atoms with Gasteiger partial charge in [-0.25, -0.2) is 0 Å². The highest BCUT2D eigenvalue weighted by atomic mass is 15.1. The minimum Gasteiger partial charge on any atom is -0.379 e. The molecule has 1 aromatic rings. The number of nitrogens with two attached hydrogens (primary N) is 2. The van der Waals surface area contributed by atoms with Gasteiger partial charge in [0.25, 0.3) is 0 Å². The highest BCUT2D eigenvalue weighted by Crippen LogP contribution is 2.32. The van der Waals surface area contributed by atoms with Gasteiger partial charge in [0.2, 0.25) is 0 Å². The summed E-state index contributed by atoms with van der Waals surface area (Å²) in [6.45, 7) is 1.99. The van der Waals surface area contributed by atoms with Crippen LogP contribution in [0.2, 0.25) is 0 Å². The summed E-state index contributed by atoms with van der Waals surface area (Å²) < 4.78 is 0. The maximum atomic E-state index is 5.95. The number of hydrogen-bond acceptors (Lipinski definition) is 3. The summed E-state index contributed by atoms with van der Waals surface area (Å²) in [5.41, 5.74) is 13.2. The maximum Gasteiger partial charge on any atom is 0.112 e. The number of nitrogens with one attached hydrogen (secondary N) is 1. The Morgan fingerprint density at radius 2 is 2.00 bits per heavy atom. The average molecular weight is 163 g/mol. The molecule has 1 aliphatic heterocycles. The molecule has 0 amide bonds. The van der Waals surface area contributed by atoms with Crippen LogP contribution in [0.4, 0.5) is 5.69 Å². The third-order valence-electron chi connectivity index (χ3n) is 2.48. The Balaban J connectivity index is 2.55. The molecule has 5 N–H and O–H groups in total. The smallest absolute Gasteiger partial charge is 0.112 e. The van der Waals surface area contributed by atoms with Crippen LogP contribution in [0.1, 0.15) is 12.5 Å². The van der Waals surface area contributed by atoms with Crippen LogP contribution < -0.4 is 16.8 Å². The maximum absolute atomic E-state index is 5.95. The van der Waals surface area contributed by atoms with Crippen molar-refractivity contribution < 1.29 is 0 Å². The number of fused-ring (bicyclic) bond motifs is 1. The zero-order chi connectivity index (χ0) is 8.77. The van der Waals surface area contributed by atoms with Crippen LogP contribution in [0.5, 0.6) is 0 Å². The molecule has 1 aromatic carbocycles. The van der Waals surface area contributed by atoms with Gasteiger partial charge in [-0.1, -0.05) is 18.2 Å². The summed E-state index contributed by atoms with van der Waals surface area (Å²) in [5, 5.41) is 3.24. The largest absolute Gasteiger partial charge is 0.379 e. The van der Waals surface area contributed by atoms with Crippen LogP contribution in [0.15, 0.2) is 24.3 Å². The van der Waals surface area contributed by atoms with E-state index in [1.165, 1.54) is 0 Å². The molecule has 1 heterocycles. The number of anilines is 1. The number of rotatable bonds is 0. The Morgan fingerprint density at radius 3 is 2.67 bits per heavy atom. The van der Waals surface area contributed by atoms with Gasteiger partial charge in [-0.3, -0.25) is 0 Å². The highest BCUT2D eigenvalue weighted by molar-refractivity contribution is 5.60. The minimum atomic E-state index is -0.726. The Bertz CT molecular complexity index is 306. The second-order valence-electron chi connectivity index (χ2n) is 3.34. The van der Waals surface area contributed by atoms with E-state index in [0.717, 1.165) is 11.3 Å². The number of hydrogen-bond donors (Lipinski definition) is 3. The van der Waals surface area contributed by atoms with Crippen molar-refractivity contribution in [1.29, 1.82) is 0 Å². The first-order valence-corrected chi connectivity index (χ1v) is 4.06. The lowest BCUT2D eigenvalue weighted by Crippen LogP contribution is -2.53. The van der Waals surface area contributed by atoms with Crippen molar-refractivity contribution in [3.05, 3.63) is 29.8 Å². The van der Waals surface area contributed by atoms with Crippen LogP contribution >= 0.6 is 0 Å². The van der Waals surface area contributed by atoms with E-state index in [2.05, 4.69) is 5.32 Å². The summed E-state index contributed by atoms with van der Waals surface area (Å²) in [7, 11) is 0. The van der Waals surface area contributed by atoms with Gasteiger partial charge in [0.05, 0.1) is 6.04 Å². The molecular weight excluding hydrogens is 150 g/mol. The van der Waals surface area contributed by atoms with Gasteiger partial charge < -0.3 is 16.8 Å². The molecule has 0 saturated carbocycles. The Morgan fingerprint density at radius 1 is 1.33 bits per heavy atom. The number of para-hydroxylation sites is 1. The van der Waals surface area contributed by atoms with Crippen LogP contribution in [0.3, 0.4) is 0 Å². The zero-order valence-electron chi connectivity index (χ0n) is 7.04. The highest BCUT2D eigenvalue weighted by Gasteiger charge is 2.37. The summed E-state index contributed by atoms with van der Waals surface area (Å²) in [4.78, 5) is 0. The minimum absolute atomic E-state index is 0.0925.